The molecule has 164 valence electrons. The summed E-state index contributed by atoms with van der Waals surface area (Å²) < 4.78 is 7.30. The normalized spacial score (nSPS) is 10.9. The van der Waals surface area contributed by atoms with Crippen molar-refractivity contribution in [3.63, 3.8) is 0 Å². The van der Waals surface area contributed by atoms with Gasteiger partial charge in [0.05, 0.1) is 29.6 Å². The van der Waals surface area contributed by atoms with Crippen molar-refractivity contribution in [2.24, 2.45) is 0 Å². The highest BCUT2D eigenvalue weighted by molar-refractivity contribution is 7.13. The number of hydrogen-bond donors (Lipinski definition) is 2. The molecule has 7 nitrogen and oxygen atoms in total. The molecule has 2 heterocycles. The molecule has 0 aliphatic heterocycles. The molecule has 0 bridgehead atoms. The van der Waals surface area contributed by atoms with E-state index in [4.69, 9.17) is 21.4 Å². The summed E-state index contributed by atoms with van der Waals surface area (Å²) >= 11 is 7.57. The van der Waals surface area contributed by atoms with Crippen LogP contribution in [0.5, 0.6) is 5.75 Å². The minimum atomic E-state index is -1.08. The Labute approximate surface area is 194 Å². The number of halogens is 1. The first-order valence-corrected chi connectivity index (χ1v) is 11.2. The van der Waals surface area contributed by atoms with Gasteiger partial charge in [-0.05, 0) is 43.7 Å². The molecule has 4 aromatic rings. The molecule has 0 aliphatic carbocycles. The van der Waals surface area contributed by atoms with Crippen LogP contribution < -0.4 is 10.1 Å². The Morgan fingerprint density at radius 3 is 2.72 bits per heavy atom. The Kier molecular flexibility index (Phi) is 6.16. The third-order valence-electron chi connectivity index (χ3n) is 4.90. The van der Waals surface area contributed by atoms with Crippen LogP contribution >= 0.6 is 22.9 Å². The van der Waals surface area contributed by atoms with Gasteiger partial charge in [-0.25, -0.2) is 14.5 Å². The number of benzene rings is 2. The number of carboxylic acids is 1. The predicted octanol–water partition coefficient (Wildman–Crippen LogP) is 5.97. The number of ether oxygens (including phenoxy) is 1. The molecule has 2 aromatic heterocycles. The lowest BCUT2D eigenvalue weighted by atomic mass is 10.1. The Morgan fingerprint density at radius 2 is 2.06 bits per heavy atom. The number of nitrogens with zero attached hydrogens (tertiary/aromatic N) is 3. The van der Waals surface area contributed by atoms with E-state index >= 15 is 0 Å². The standard InChI is InChI=1S/C23H21ClN4O3S/c1-4-16-20(22-25-13(2)12-32-22)21(26-17-10-9-14(24)11-15(17)23(29)30)28(27-16)18-7-5-6-8-19(18)31-3/h5-12,26H,4H2,1-3H3,(H,29,30). The maximum atomic E-state index is 11.9. The zero-order valence-electron chi connectivity index (χ0n) is 17.7. The lowest BCUT2D eigenvalue weighted by molar-refractivity contribution is 0.0698. The average molecular weight is 469 g/mol. The molecule has 4 rings (SSSR count). The van der Waals surface area contributed by atoms with E-state index in [1.807, 2.05) is 43.5 Å². The number of anilines is 2. The quantitative estimate of drug-likeness (QED) is 0.347. The van der Waals surface area contributed by atoms with Crippen molar-refractivity contribution in [2.45, 2.75) is 20.3 Å². The Balaban J connectivity index is 1.99. The minimum absolute atomic E-state index is 0.0598. The van der Waals surface area contributed by atoms with Crippen molar-refractivity contribution in [3.05, 3.63) is 69.8 Å². The molecule has 0 spiro atoms. The third kappa shape index (κ3) is 4.06. The first-order valence-electron chi connectivity index (χ1n) is 9.90. The molecule has 0 saturated carbocycles. The van der Waals surface area contributed by atoms with Crippen LogP contribution in [-0.2, 0) is 6.42 Å². The van der Waals surface area contributed by atoms with Gasteiger partial charge in [0.2, 0.25) is 0 Å². The van der Waals surface area contributed by atoms with Crippen LogP contribution in [0.2, 0.25) is 5.02 Å². The van der Waals surface area contributed by atoms with Gasteiger partial charge in [-0.1, -0.05) is 30.7 Å². The number of thiazole rings is 1. The Hall–Kier alpha value is -3.36. The van der Waals surface area contributed by atoms with Crippen LogP contribution in [0.15, 0.2) is 47.8 Å². The van der Waals surface area contributed by atoms with Crippen LogP contribution in [0.25, 0.3) is 16.3 Å². The number of aromatic carboxylic acids is 1. The number of hydrogen-bond acceptors (Lipinski definition) is 6. The van der Waals surface area contributed by atoms with Crippen molar-refractivity contribution in [1.29, 1.82) is 0 Å². The topological polar surface area (TPSA) is 89.3 Å². The van der Waals surface area contributed by atoms with E-state index in [2.05, 4.69) is 10.3 Å². The van der Waals surface area contributed by atoms with E-state index in [0.717, 1.165) is 27.6 Å². The van der Waals surface area contributed by atoms with Crippen LogP contribution in [0.3, 0.4) is 0 Å². The maximum Gasteiger partial charge on any atom is 0.337 e. The molecule has 0 saturated heterocycles. The number of methoxy groups -OCH3 is 1. The largest absolute Gasteiger partial charge is 0.494 e. The molecular weight excluding hydrogens is 448 g/mol. The van der Waals surface area contributed by atoms with Crippen molar-refractivity contribution >= 4 is 40.4 Å². The summed E-state index contributed by atoms with van der Waals surface area (Å²) in [6.45, 7) is 3.96. The molecule has 9 heteroatoms. The van der Waals surface area contributed by atoms with Crippen molar-refractivity contribution in [3.8, 4) is 22.0 Å². The van der Waals surface area contributed by atoms with Gasteiger partial charge in [-0.3, -0.25) is 0 Å². The Morgan fingerprint density at radius 1 is 1.28 bits per heavy atom. The summed E-state index contributed by atoms with van der Waals surface area (Å²) in [6, 6.07) is 12.2. The molecule has 0 amide bonds. The minimum Gasteiger partial charge on any atom is -0.494 e. The van der Waals surface area contributed by atoms with Crippen molar-refractivity contribution < 1.29 is 14.6 Å². The monoisotopic (exact) mass is 468 g/mol. The van der Waals surface area contributed by atoms with E-state index in [9.17, 15) is 9.90 Å². The summed E-state index contributed by atoms with van der Waals surface area (Å²) in [5, 5.41) is 21.0. The van der Waals surface area contributed by atoms with Gasteiger partial charge < -0.3 is 15.2 Å². The fourth-order valence-corrected chi connectivity index (χ4v) is 4.46. The number of carbonyl (C=O) groups is 1. The highest BCUT2D eigenvalue weighted by Gasteiger charge is 2.25. The fraction of sp³-hybridized carbons (Fsp3) is 0.174. The van der Waals surface area contributed by atoms with Crippen molar-refractivity contribution in [1.82, 2.24) is 14.8 Å². The highest BCUT2D eigenvalue weighted by atomic mass is 35.5. The zero-order valence-corrected chi connectivity index (χ0v) is 19.3. The van der Waals surface area contributed by atoms with Crippen LogP contribution in [0.1, 0.15) is 28.7 Å². The number of carboxylic acid groups (broad SMARTS) is 1. The van der Waals surface area contributed by atoms with Gasteiger partial charge in [0.15, 0.2) is 0 Å². The summed E-state index contributed by atoms with van der Waals surface area (Å²) in [7, 11) is 1.60. The molecule has 0 radical (unpaired) electrons. The third-order valence-corrected chi connectivity index (χ3v) is 6.12. The first kappa shape index (κ1) is 21.9. The second-order valence-corrected chi connectivity index (χ2v) is 8.32. The van der Waals surface area contributed by atoms with Gasteiger partial charge >= 0.3 is 5.97 Å². The molecule has 0 unspecified atom stereocenters. The smallest absolute Gasteiger partial charge is 0.337 e. The van der Waals surface area contributed by atoms with Crippen LogP contribution in [0.4, 0.5) is 11.5 Å². The SMILES string of the molecule is CCc1nn(-c2ccccc2OC)c(Nc2ccc(Cl)cc2C(=O)O)c1-c1nc(C)cs1. The summed E-state index contributed by atoms with van der Waals surface area (Å²) in [4.78, 5) is 16.6. The summed E-state index contributed by atoms with van der Waals surface area (Å²) in [5.74, 6) is 0.156. The van der Waals surface area contributed by atoms with Gasteiger partial charge in [0.1, 0.15) is 22.3 Å². The second kappa shape index (κ2) is 9.02. The van der Waals surface area contributed by atoms with E-state index in [1.54, 1.807) is 23.9 Å². The lowest BCUT2D eigenvalue weighted by Crippen LogP contribution is -2.08. The van der Waals surface area contributed by atoms with Gasteiger partial charge in [0.25, 0.3) is 0 Å². The van der Waals surface area contributed by atoms with Gasteiger partial charge in [-0.2, -0.15) is 5.10 Å². The van der Waals surface area contributed by atoms with E-state index in [1.165, 1.54) is 17.4 Å². The molecule has 0 fully saturated rings. The Bertz CT molecular complexity index is 1300. The summed E-state index contributed by atoms with van der Waals surface area (Å²) in [6.07, 6.45) is 0.664. The number of aryl methyl sites for hydroxylation is 2. The van der Waals surface area contributed by atoms with E-state index in [0.29, 0.717) is 28.7 Å². The molecule has 2 aromatic carbocycles. The molecule has 2 N–H and O–H groups in total. The van der Waals surface area contributed by atoms with Gasteiger partial charge in [0, 0.05) is 16.1 Å². The van der Waals surface area contributed by atoms with E-state index < -0.39 is 5.97 Å². The number of rotatable bonds is 7. The lowest BCUT2D eigenvalue weighted by Gasteiger charge is -2.15. The number of aromatic nitrogens is 3. The number of nitrogens with one attached hydrogen (secondary N) is 1. The number of para-hydroxylation sites is 2. The maximum absolute atomic E-state index is 11.9. The average Bonchev–Trinajstić information content (AvgIpc) is 3.37. The highest BCUT2D eigenvalue weighted by Crippen LogP contribution is 2.39. The molecule has 0 atom stereocenters. The van der Waals surface area contributed by atoms with E-state index in [-0.39, 0.29) is 5.56 Å². The zero-order chi connectivity index (χ0) is 22.8. The molecule has 0 aliphatic rings. The molecule has 32 heavy (non-hydrogen) atoms. The molecular formula is C23H21ClN4O3S. The fourth-order valence-electron chi connectivity index (χ4n) is 3.43. The van der Waals surface area contributed by atoms with Crippen LogP contribution in [0, 0.1) is 6.92 Å². The van der Waals surface area contributed by atoms with Crippen LogP contribution in [-0.4, -0.2) is 33.0 Å². The second-order valence-electron chi connectivity index (χ2n) is 7.02. The summed E-state index contributed by atoms with van der Waals surface area (Å²) in [5.41, 5.74) is 3.74. The van der Waals surface area contributed by atoms with Gasteiger partial charge in [-0.15, -0.1) is 11.3 Å². The van der Waals surface area contributed by atoms with Crippen molar-refractivity contribution in [2.75, 3.05) is 12.4 Å². The predicted molar refractivity (Wildman–Crippen MR) is 127 cm³/mol. The first-order chi connectivity index (χ1) is 15.4.